The van der Waals surface area contributed by atoms with Crippen molar-refractivity contribution in [2.75, 3.05) is 6.61 Å². The van der Waals surface area contributed by atoms with Crippen molar-refractivity contribution in [1.82, 2.24) is 5.32 Å². The summed E-state index contributed by atoms with van der Waals surface area (Å²) in [6.45, 7) is 7.73. The number of carbonyl (C=O) groups excluding carboxylic acids is 1. The van der Waals surface area contributed by atoms with Gasteiger partial charge in [-0.25, -0.2) is 4.79 Å². The van der Waals surface area contributed by atoms with E-state index in [0.29, 0.717) is 17.2 Å². The summed E-state index contributed by atoms with van der Waals surface area (Å²) in [6.07, 6.45) is -0.781. The van der Waals surface area contributed by atoms with E-state index >= 15 is 0 Å². The number of hydrogen-bond donors (Lipinski definition) is 1. The fourth-order valence-electron chi connectivity index (χ4n) is 3.34. The Kier molecular flexibility index (Phi) is 5.18. The molecule has 25 heavy (non-hydrogen) atoms. The van der Waals surface area contributed by atoms with Crippen LogP contribution in [0.2, 0.25) is 5.02 Å². The lowest BCUT2D eigenvalue weighted by molar-refractivity contribution is -0.360. The van der Waals surface area contributed by atoms with E-state index in [1.807, 2.05) is 45.0 Å². The Bertz CT molecular complexity index is 750. The smallest absolute Gasteiger partial charge is 0.336 e. The normalized spacial score (nSPS) is 26.2. The van der Waals surface area contributed by atoms with Crippen LogP contribution in [0.5, 0.6) is 0 Å². The molecule has 3 rings (SSSR count). The van der Waals surface area contributed by atoms with Crippen LogP contribution in [0.25, 0.3) is 0 Å². The second kappa shape index (κ2) is 7.20. The van der Waals surface area contributed by atoms with Crippen LogP contribution in [-0.2, 0) is 19.0 Å². The number of dihydropyridines is 1. The first kappa shape index (κ1) is 18.0. The standard InChI is InChI=1S/C19H22ClNO4/c1-5-23-18(22)15-10(2)21-11(3)16(19-24-12(4)25-19)17(15)13-8-6-7-9-14(13)20/h6-9,12,17,19,21H,5H2,1-4H3. The summed E-state index contributed by atoms with van der Waals surface area (Å²) in [4.78, 5) is 12.7. The monoisotopic (exact) mass is 363 g/mol. The zero-order chi connectivity index (χ0) is 18.1. The lowest BCUT2D eigenvalue weighted by atomic mass is 9.79. The highest BCUT2D eigenvalue weighted by Crippen LogP contribution is 2.45. The third-order valence-electron chi connectivity index (χ3n) is 4.41. The molecule has 1 aromatic carbocycles. The molecule has 0 aliphatic carbocycles. The molecule has 1 aromatic rings. The molecular weight excluding hydrogens is 342 g/mol. The third-order valence-corrected chi connectivity index (χ3v) is 4.75. The summed E-state index contributed by atoms with van der Waals surface area (Å²) < 4.78 is 16.7. The summed E-state index contributed by atoms with van der Waals surface area (Å²) in [5.41, 5.74) is 3.85. The molecule has 0 aromatic heterocycles. The molecule has 0 amide bonds. The second-order valence-electron chi connectivity index (χ2n) is 6.09. The van der Waals surface area contributed by atoms with Crippen molar-refractivity contribution >= 4 is 17.6 Å². The van der Waals surface area contributed by atoms with Crippen LogP contribution in [0.15, 0.2) is 46.8 Å². The predicted molar refractivity (Wildman–Crippen MR) is 94.8 cm³/mol. The molecule has 134 valence electrons. The van der Waals surface area contributed by atoms with Gasteiger partial charge in [0.2, 0.25) is 0 Å². The van der Waals surface area contributed by atoms with Gasteiger partial charge < -0.3 is 19.5 Å². The summed E-state index contributed by atoms with van der Waals surface area (Å²) >= 11 is 6.46. The molecule has 2 heterocycles. The topological polar surface area (TPSA) is 56.8 Å². The van der Waals surface area contributed by atoms with Gasteiger partial charge in [-0.05, 0) is 39.3 Å². The average Bonchev–Trinajstić information content (AvgIpc) is 2.52. The summed E-state index contributed by atoms with van der Waals surface area (Å²) in [6, 6.07) is 7.50. The van der Waals surface area contributed by atoms with Gasteiger partial charge in [-0.15, -0.1) is 0 Å². The van der Waals surface area contributed by atoms with E-state index in [2.05, 4.69) is 5.32 Å². The number of rotatable bonds is 4. The molecular formula is C19H22ClNO4. The highest BCUT2D eigenvalue weighted by Gasteiger charge is 2.43. The van der Waals surface area contributed by atoms with Crippen LogP contribution in [0.1, 0.15) is 39.2 Å². The van der Waals surface area contributed by atoms with Crippen LogP contribution in [0.4, 0.5) is 0 Å². The molecule has 6 heteroatoms. The minimum absolute atomic E-state index is 0.268. The summed E-state index contributed by atoms with van der Waals surface area (Å²) in [5.74, 6) is -0.749. The molecule has 1 atom stereocenters. The molecule has 1 unspecified atom stereocenters. The number of benzene rings is 1. The molecule has 0 spiro atoms. The van der Waals surface area contributed by atoms with Crippen LogP contribution >= 0.6 is 11.6 Å². The Morgan fingerprint density at radius 3 is 2.52 bits per heavy atom. The van der Waals surface area contributed by atoms with Gasteiger partial charge in [0.25, 0.3) is 0 Å². The van der Waals surface area contributed by atoms with Gasteiger partial charge in [0.1, 0.15) is 0 Å². The molecule has 0 bridgehead atoms. The Hall–Kier alpha value is -1.82. The van der Waals surface area contributed by atoms with Crippen molar-refractivity contribution in [2.24, 2.45) is 0 Å². The van der Waals surface area contributed by atoms with Gasteiger partial charge in [-0.2, -0.15) is 0 Å². The Labute approximate surface area is 152 Å². The quantitative estimate of drug-likeness (QED) is 0.823. The Balaban J connectivity index is 2.12. The van der Waals surface area contributed by atoms with Crippen LogP contribution in [0.3, 0.4) is 0 Å². The second-order valence-corrected chi connectivity index (χ2v) is 6.50. The molecule has 2 aliphatic heterocycles. The van der Waals surface area contributed by atoms with E-state index in [0.717, 1.165) is 22.5 Å². The highest BCUT2D eigenvalue weighted by molar-refractivity contribution is 6.31. The fourth-order valence-corrected chi connectivity index (χ4v) is 3.58. The first-order valence-electron chi connectivity index (χ1n) is 8.35. The number of halogens is 1. The minimum atomic E-state index is -0.513. The van der Waals surface area contributed by atoms with E-state index in [1.54, 1.807) is 6.92 Å². The van der Waals surface area contributed by atoms with E-state index in [1.165, 1.54) is 0 Å². The van der Waals surface area contributed by atoms with Gasteiger partial charge in [0.15, 0.2) is 12.6 Å². The number of allylic oxidation sites excluding steroid dienone is 2. The number of carbonyl (C=O) groups is 1. The van der Waals surface area contributed by atoms with Crippen LogP contribution < -0.4 is 5.32 Å². The lowest BCUT2D eigenvalue weighted by Crippen LogP contribution is -2.45. The molecule has 1 fully saturated rings. The fraction of sp³-hybridized carbons (Fsp3) is 0.421. The van der Waals surface area contributed by atoms with E-state index < -0.39 is 6.29 Å². The summed E-state index contributed by atoms with van der Waals surface area (Å²) in [5, 5.41) is 3.84. The first-order chi connectivity index (χ1) is 11.9. The Morgan fingerprint density at radius 1 is 1.24 bits per heavy atom. The molecule has 0 radical (unpaired) electrons. The highest BCUT2D eigenvalue weighted by atomic mass is 35.5. The molecule has 1 saturated heterocycles. The minimum Gasteiger partial charge on any atom is -0.463 e. The predicted octanol–water partition coefficient (Wildman–Crippen LogP) is 3.86. The zero-order valence-corrected chi connectivity index (χ0v) is 15.5. The van der Waals surface area contributed by atoms with Crippen molar-refractivity contribution in [2.45, 2.75) is 46.2 Å². The van der Waals surface area contributed by atoms with E-state index in [9.17, 15) is 4.79 Å². The average molecular weight is 364 g/mol. The van der Waals surface area contributed by atoms with Crippen molar-refractivity contribution < 1.29 is 19.0 Å². The van der Waals surface area contributed by atoms with Crippen LogP contribution in [0, 0.1) is 0 Å². The molecule has 1 N–H and O–H groups in total. The number of ether oxygens (including phenoxy) is 3. The van der Waals surface area contributed by atoms with Gasteiger partial charge in [-0.3, -0.25) is 0 Å². The van der Waals surface area contributed by atoms with Crippen molar-refractivity contribution in [3.63, 3.8) is 0 Å². The first-order valence-corrected chi connectivity index (χ1v) is 8.72. The molecule has 0 saturated carbocycles. The Morgan fingerprint density at radius 2 is 1.92 bits per heavy atom. The van der Waals surface area contributed by atoms with Gasteiger partial charge in [0, 0.05) is 27.9 Å². The van der Waals surface area contributed by atoms with E-state index in [4.69, 9.17) is 25.8 Å². The molecule has 2 aliphatic rings. The van der Waals surface area contributed by atoms with E-state index in [-0.39, 0.29) is 18.2 Å². The maximum atomic E-state index is 12.7. The zero-order valence-electron chi connectivity index (χ0n) is 14.8. The molecule has 5 nitrogen and oxygen atoms in total. The van der Waals surface area contributed by atoms with Gasteiger partial charge in [0.05, 0.1) is 12.2 Å². The lowest BCUT2D eigenvalue weighted by Gasteiger charge is -2.41. The SMILES string of the molecule is CCOC(=O)C1=C(C)NC(C)=C(C2OC(C)O2)C1c1ccccc1Cl. The number of nitrogens with one attached hydrogen (secondary N) is 1. The van der Waals surface area contributed by atoms with Crippen molar-refractivity contribution in [1.29, 1.82) is 0 Å². The maximum Gasteiger partial charge on any atom is 0.336 e. The van der Waals surface area contributed by atoms with Crippen LogP contribution in [-0.4, -0.2) is 25.2 Å². The third kappa shape index (κ3) is 3.32. The van der Waals surface area contributed by atoms with Crippen molar-refractivity contribution in [3.8, 4) is 0 Å². The number of hydrogen-bond acceptors (Lipinski definition) is 5. The van der Waals surface area contributed by atoms with Gasteiger partial charge >= 0.3 is 5.97 Å². The number of esters is 1. The van der Waals surface area contributed by atoms with Crippen molar-refractivity contribution in [3.05, 3.63) is 57.4 Å². The van der Waals surface area contributed by atoms with Gasteiger partial charge in [-0.1, -0.05) is 29.8 Å². The summed E-state index contributed by atoms with van der Waals surface area (Å²) in [7, 11) is 0. The maximum absolute atomic E-state index is 12.7. The largest absolute Gasteiger partial charge is 0.463 e.